The quantitative estimate of drug-likeness (QED) is 0.754. The first-order chi connectivity index (χ1) is 7.56. The monoisotopic (exact) mass is 239 g/mol. The lowest BCUT2D eigenvalue weighted by Gasteiger charge is -2.09. The average Bonchev–Trinajstić information content (AvgIpc) is 2.18. The Kier molecular flexibility index (Phi) is 3.03. The molecule has 2 aromatic rings. The Bertz CT molecular complexity index is 528. The van der Waals surface area contributed by atoms with Gasteiger partial charge in [-0.3, -0.25) is 0 Å². The summed E-state index contributed by atoms with van der Waals surface area (Å²) in [6, 6.07) is 4.32. The molecule has 0 spiro atoms. The van der Waals surface area contributed by atoms with Gasteiger partial charge in [0.05, 0.1) is 12.1 Å². The van der Waals surface area contributed by atoms with E-state index in [0.717, 1.165) is 0 Å². The normalized spacial score (nSPS) is 11.3. The summed E-state index contributed by atoms with van der Waals surface area (Å²) in [6.45, 7) is 0.604. The molecule has 0 aliphatic heterocycles. The highest BCUT2D eigenvalue weighted by Crippen LogP contribution is 2.21. The van der Waals surface area contributed by atoms with E-state index in [1.165, 1.54) is 12.1 Å². The second-order valence-corrected chi connectivity index (χ2v) is 4.19. The molecule has 0 saturated carbocycles. The topological polar surface area (TPSA) is 29.0 Å². The van der Waals surface area contributed by atoms with Crippen LogP contribution in [0.5, 0.6) is 0 Å². The van der Waals surface area contributed by atoms with Crippen LogP contribution < -0.4 is 0 Å². The summed E-state index contributed by atoms with van der Waals surface area (Å²) in [5.74, 6) is 0.299. The first kappa shape index (κ1) is 11.2. The Morgan fingerprint density at radius 1 is 1.31 bits per heavy atom. The van der Waals surface area contributed by atoms with Gasteiger partial charge in [0, 0.05) is 5.39 Å². The van der Waals surface area contributed by atoms with Crippen molar-refractivity contribution in [3.05, 3.63) is 35.0 Å². The second-order valence-electron chi connectivity index (χ2n) is 3.83. The third-order valence-electron chi connectivity index (χ3n) is 2.12. The predicted molar refractivity (Wildman–Crippen MR) is 61.9 cm³/mol. The number of benzene rings is 1. The van der Waals surface area contributed by atoms with E-state index in [9.17, 15) is 4.39 Å². The third kappa shape index (κ3) is 2.28. The molecule has 1 aromatic carbocycles. The fourth-order valence-corrected chi connectivity index (χ4v) is 1.71. The lowest BCUT2D eigenvalue weighted by molar-refractivity contribution is 0.391. The number of hydrogen-bond donors (Lipinski definition) is 0. The van der Waals surface area contributed by atoms with Gasteiger partial charge in [0.1, 0.15) is 16.8 Å². The molecule has 1 heterocycles. The lowest BCUT2D eigenvalue weighted by atomic mass is 10.2. The van der Waals surface area contributed by atoms with Crippen LogP contribution in [-0.2, 0) is 6.54 Å². The molecular weight excluding hydrogens is 229 g/mol. The van der Waals surface area contributed by atoms with Gasteiger partial charge < -0.3 is 4.90 Å². The average molecular weight is 240 g/mol. The maximum Gasteiger partial charge on any atom is 0.144 e. The van der Waals surface area contributed by atoms with Gasteiger partial charge in [0.2, 0.25) is 0 Å². The molecule has 16 heavy (non-hydrogen) atoms. The summed E-state index contributed by atoms with van der Waals surface area (Å²) in [5.41, 5.74) is 0.665. The predicted octanol–water partition coefficient (Wildman–Crippen LogP) is 2.48. The summed E-state index contributed by atoms with van der Waals surface area (Å²) in [6.07, 6.45) is 0. The van der Waals surface area contributed by atoms with Gasteiger partial charge in [-0.05, 0) is 32.3 Å². The Morgan fingerprint density at radius 3 is 2.75 bits per heavy atom. The molecular formula is C11H11ClFN3. The molecule has 0 atom stereocenters. The number of halogens is 2. The third-order valence-corrected chi connectivity index (χ3v) is 2.40. The highest BCUT2D eigenvalue weighted by molar-refractivity contribution is 6.34. The highest BCUT2D eigenvalue weighted by atomic mass is 35.5. The van der Waals surface area contributed by atoms with Gasteiger partial charge >= 0.3 is 0 Å². The van der Waals surface area contributed by atoms with Gasteiger partial charge in [-0.15, -0.1) is 0 Å². The summed E-state index contributed by atoms with van der Waals surface area (Å²) in [4.78, 5) is 10.4. The van der Waals surface area contributed by atoms with Gasteiger partial charge in [0.15, 0.2) is 0 Å². The number of rotatable bonds is 2. The molecule has 5 heteroatoms. The van der Waals surface area contributed by atoms with E-state index in [4.69, 9.17) is 11.6 Å². The Morgan fingerprint density at radius 2 is 2.06 bits per heavy atom. The summed E-state index contributed by atoms with van der Waals surface area (Å²) < 4.78 is 13.0. The van der Waals surface area contributed by atoms with Crippen molar-refractivity contribution >= 4 is 22.5 Å². The van der Waals surface area contributed by atoms with Crippen molar-refractivity contribution in [1.29, 1.82) is 0 Å². The maximum atomic E-state index is 13.0. The molecule has 0 aliphatic carbocycles. The number of aromatic nitrogens is 2. The van der Waals surface area contributed by atoms with Crippen LogP contribution in [0.4, 0.5) is 4.39 Å². The zero-order chi connectivity index (χ0) is 11.7. The number of nitrogens with zero attached hydrogens (tertiary/aromatic N) is 3. The number of hydrogen-bond acceptors (Lipinski definition) is 3. The molecule has 0 aliphatic rings. The molecule has 0 amide bonds. The molecule has 0 radical (unpaired) electrons. The van der Waals surface area contributed by atoms with Crippen molar-refractivity contribution in [3.63, 3.8) is 0 Å². The zero-order valence-electron chi connectivity index (χ0n) is 9.04. The first-order valence-electron chi connectivity index (χ1n) is 4.82. The van der Waals surface area contributed by atoms with Crippen molar-refractivity contribution in [3.8, 4) is 0 Å². The van der Waals surface area contributed by atoms with E-state index in [2.05, 4.69) is 9.97 Å². The standard InChI is InChI=1S/C11H11ClFN3/c1-16(2)6-10-14-9-4-3-7(13)5-8(9)11(12)15-10/h3-5H,6H2,1-2H3. The van der Waals surface area contributed by atoms with Crippen molar-refractivity contribution in [2.75, 3.05) is 14.1 Å². The van der Waals surface area contributed by atoms with Crippen LogP contribution in [-0.4, -0.2) is 29.0 Å². The van der Waals surface area contributed by atoms with Crippen LogP contribution in [0.25, 0.3) is 10.9 Å². The van der Waals surface area contributed by atoms with E-state index >= 15 is 0 Å². The van der Waals surface area contributed by atoms with Crippen LogP contribution in [0.15, 0.2) is 18.2 Å². The van der Waals surface area contributed by atoms with Crippen LogP contribution in [0.1, 0.15) is 5.82 Å². The van der Waals surface area contributed by atoms with Crippen molar-refractivity contribution in [1.82, 2.24) is 14.9 Å². The molecule has 0 unspecified atom stereocenters. The number of fused-ring (bicyclic) bond motifs is 1. The molecule has 1 aromatic heterocycles. The molecule has 0 bridgehead atoms. The highest BCUT2D eigenvalue weighted by Gasteiger charge is 2.07. The van der Waals surface area contributed by atoms with E-state index in [0.29, 0.717) is 28.4 Å². The van der Waals surface area contributed by atoms with Crippen LogP contribution in [0.3, 0.4) is 0 Å². The second kappa shape index (κ2) is 4.31. The fourth-order valence-electron chi connectivity index (χ4n) is 1.46. The van der Waals surface area contributed by atoms with E-state index in [-0.39, 0.29) is 5.82 Å². The van der Waals surface area contributed by atoms with Gasteiger partial charge in [-0.25, -0.2) is 14.4 Å². The summed E-state index contributed by atoms with van der Waals surface area (Å²) in [7, 11) is 3.85. The minimum Gasteiger partial charge on any atom is -0.302 e. The SMILES string of the molecule is CN(C)Cc1nc(Cl)c2cc(F)ccc2n1. The van der Waals surface area contributed by atoms with Gasteiger partial charge in [-0.2, -0.15) is 0 Å². The van der Waals surface area contributed by atoms with Crippen LogP contribution in [0, 0.1) is 5.82 Å². The van der Waals surface area contributed by atoms with Crippen molar-refractivity contribution in [2.45, 2.75) is 6.54 Å². The van der Waals surface area contributed by atoms with Crippen molar-refractivity contribution in [2.24, 2.45) is 0 Å². The van der Waals surface area contributed by atoms with Crippen LogP contribution >= 0.6 is 11.6 Å². The molecule has 0 saturated heterocycles. The zero-order valence-corrected chi connectivity index (χ0v) is 9.79. The minimum atomic E-state index is -0.335. The summed E-state index contributed by atoms with van der Waals surface area (Å²) in [5, 5.41) is 0.838. The fraction of sp³-hybridized carbons (Fsp3) is 0.273. The van der Waals surface area contributed by atoms with E-state index in [1.54, 1.807) is 6.07 Å². The largest absolute Gasteiger partial charge is 0.302 e. The minimum absolute atomic E-state index is 0.293. The lowest BCUT2D eigenvalue weighted by Crippen LogP contribution is -2.13. The Labute approximate surface area is 97.9 Å². The molecule has 0 N–H and O–H groups in total. The molecule has 0 fully saturated rings. The smallest absolute Gasteiger partial charge is 0.144 e. The Hall–Kier alpha value is -1.26. The molecule has 3 nitrogen and oxygen atoms in total. The molecule has 84 valence electrons. The van der Waals surface area contributed by atoms with E-state index < -0.39 is 0 Å². The molecule has 2 rings (SSSR count). The first-order valence-corrected chi connectivity index (χ1v) is 5.20. The van der Waals surface area contributed by atoms with E-state index in [1.807, 2.05) is 19.0 Å². The van der Waals surface area contributed by atoms with Gasteiger partial charge in [0.25, 0.3) is 0 Å². The maximum absolute atomic E-state index is 13.0. The summed E-state index contributed by atoms with van der Waals surface area (Å²) >= 11 is 5.98. The van der Waals surface area contributed by atoms with Crippen molar-refractivity contribution < 1.29 is 4.39 Å². The van der Waals surface area contributed by atoms with Crippen LogP contribution in [0.2, 0.25) is 5.15 Å². The van der Waals surface area contributed by atoms with Gasteiger partial charge in [-0.1, -0.05) is 11.6 Å². The Balaban J connectivity index is 2.55.